The monoisotopic (exact) mass is 334 g/mol. The normalized spacial score (nSPS) is 11.5. The molecule has 21 heavy (non-hydrogen) atoms. The molecular weight excluding hydrogens is 329 g/mol. The van der Waals surface area contributed by atoms with Gasteiger partial charge in [0.2, 0.25) is 11.1 Å². The van der Waals surface area contributed by atoms with Crippen LogP contribution in [-0.2, 0) is 7.05 Å². The van der Waals surface area contributed by atoms with Crippen molar-refractivity contribution in [1.29, 1.82) is 0 Å². The van der Waals surface area contributed by atoms with E-state index in [9.17, 15) is 8.78 Å². The average molecular weight is 335 g/mol. The second kappa shape index (κ2) is 5.08. The molecule has 0 aliphatic heterocycles. The molecule has 3 rings (SSSR count). The maximum atomic E-state index is 12.5. The molecule has 0 saturated carbocycles. The maximum Gasteiger partial charge on any atom is 0.333 e. The largest absolute Gasteiger partial charge is 0.333 e. The lowest BCUT2D eigenvalue weighted by molar-refractivity contribution is 0.0566. The van der Waals surface area contributed by atoms with Crippen LogP contribution in [0.5, 0.6) is 0 Å². The second-order valence-electron chi connectivity index (χ2n) is 3.99. The zero-order chi connectivity index (χ0) is 15.1. The van der Waals surface area contributed by atoms with Crippen molar-refractivity contribution in [2.24, 2.45) is 7.05 Å². The smallest absolute Gasteiger partial charge is 0.333 e. The second-order valence-corrected chi connectivity index (χ2v) is 4.69. The van der Waals surface area contributed by atoms with E-state index in [0.29, 0.717) is 10.4 Å². The number of rotatable bonds is 3. The van der Waals surface area contributed by atoms with Crippen LogP contribution >= 0.6 is 23.2 Å². The molecule has 0 aliphatic rings. The first kappa shape index (κ1) is 14.0. The van der Waals surface area contributed by atoms with Gasteiger partial charge in [0.15, 0.2) is 5.15 Å². The Labute approximate surface area is 126 Å². The number of aromatic nitrogens is 6. The molecule has 3 heterocycles. The van der Waals surface area contributed by atoms with Gasteiger partial charge in [-0.25, -0.2) is 9.67 Å². The standard InChI is InChI=1S/C10H6Cl2F2N6O/c1-19-5(6(11)16-9(19)12)7-17-8(21-18-7)4-2-15-20(3-4)10(13)14/h2-3,10H,1H3. The van der Waals surface area contributed by atoms with Crippen molar-refractivity contribution in [2.75, 3.05) is 0 Å². The minimum absolute atomic E-state index is 0.0327. The van der Waals surface area contributed by atoms with Gasteiger partial charge in [-0.05, 0) is 11.6 Å². The van der Waals surface area contributed by atoms with Crippen LogP contribution in [0, 0.1) is 0 Å². The average Bonchev–Trinajstić information content (AvgIpc) is 3.10. The maximum absolute atomic E-state index is 12.5. The van der Waals surface area contributed by atoms with E-state index in [4.69, 9.17) is 27.7 Å². The topological polar surface area (TPSA) is 74.6 Å². The fourth-order valence-electron chi connectivity index (χ4n) is 1.67. The Kier molecular flexibility index (Phi) is 3.38. The van der Waals surface area contributed by atoms with E-state index >= 15 is 0 Å². The van der Waals surface area contributed by atoms with Crippen LogP contribution < -0.4 is 0 Å². The molecule has 0 atom stereocenters. The predicted molar refractivity (Wildman–Crippen MR) is 69.0 cm³/mol. The van der Waals surface area contributed by atoms with E-state index in [1.807, 2.05) is 0 Å². The fourth-order valence-corrected chi connectivity index (χ4v) is 2.18. The number of hydrogen-bond donors (Lipinski definition) is 0. The molecule has 0 amide bonds. The molecule has 7 nitrogen and oxygen atoms in total. The van der Waals surface area contributed by atoms with E-state index in [1.54, 1.807) is 7.05 Å². The highest BCUT2D eigenvalue weighted by Gasteiger charge is 2.21. The summed E-state index contributed by atoms with van der Waals surface area (Å²) in [7, 11) is 1.63. The molecule has 0 fully saturated rings. The third-order valence-corrected chi connectivity index (χ3v) is 3.29. The van der Waals surface area contributed by atoms with Crippen LogP contribution in [0.25, 0.3) is 23.0 Å². The van der Waals surface area contributed by atoms with Gasteiger partial charge in [-0.2, -0.15) is 18.9 Å². The van der Waals surface area contributed by atoms with Crippen molar-refractivity contribution in [3.05, 3.63) is 22.8 Å². The summed E-state index contributed by atoms with van der Waals surface area (Å²) in [6.07, 6.45) is 2.29. The van der Waals surface area contributed by atoms with Crippen LogP contribution in [0.4, 0.5) is 8.78 Å². The van der Waals surface area contributed by atoms with Crippen LogP contribution in [-0.4, -0.2) is 29.5 Å². The number of halogens is 4. The molecule has 0 radical (unpaired) electrons. The number of hydrogen-bond acceptors (Lipinski definition) is 5. The first-order valence-electron chi connectivity index (χ1n) is 5.52. The summed E-state index contributed by atoms with van der Waals surface area (Å²) < 4.78 is 31.9. The lowest BCUT2D eigenvalue weighted by Gasteiger charge is -1.96. The van der Waals surface area contributed by atoms with Gasteiger partial charge >= 0.3 is 6.55 Å². The summed E-state index contributed by atoms with van der Waals surface area (Å²) in [6.45, 7) is -2.74. The molecule has 0 spiro atoms. The lowest BCUT2D eigenvalue weighted by Crippen LogP contribution is -1.96. The van der Waals surface area contributed by atoms with Crippen molar-refractivity contribution in [3.8, 4) is 23.0 Å². The molecule has 3 aromatic heterocycles. The van der Waals surface area contributed by atoms with Crippen molar-refractivity contribution < 1.29 is 13.3 Å². The summed E-state index contributed by atoms with van der Waals surface area (Å²) in [5.41, 5.74) is 0.622. The molecule has 3 aromatic rings. The molecule has 0 unspecified atom stereocenters. The van der Waals surface area contributed by atoms with E-state index in [1.165, 1.54) is 10.8 Å². The summed E-state index contributed by atoms with van der Waals surface area (Å²) in [4.78, 5) is 7.93. The Hall–Kier alpha value is -2.00. The van der Waals surface area contributed by atoms with Crippen LogP contribution in [0.15, 0.2) is 16.9 Å². The van der Waals surface area contributed by atoms with Gasteiger partial charge < -0.3 is 9.09 Å². The fraction of sp³-hybridized carbons (Fsp3) is 0.200. The van der Waals surface area contributed by atoms with Gasteiger partial charge in [0.05, 0.1) is 11.8 Å². The molecule has 0 saturated heterocycles. The van der Waals surface area contributed by atoms with Crippen LogP contribution in [0.3, 0.4) is 0 Å². The Balaban J connectivity index is 1.99. The third-order valence-electron chi connectivity index (χ3n) is 2.68. The van der Waals surface area contributed by atoms with Crippen molar-refractivity contribution in [1.82, 2.24) is 29.5 Å². The highest BCUT2D eigenvalue weighted by molar-refractivity contribution is 6.34. The minimum atomic E-state index is -2.74. The Bertz CT molecular complexity index is 795. The van der Waals surface area contributed by atoms with Gasteiger partial charge in [-0.1, -0.05) is 16.8 Å². The van der Waals surface area contributed by atoms with Gasteiger partial charge in [0, 0.05) is 13.2 Å². The molecule has 0 aliphatic carbocycles. The van der Waals surface area contributed by atoms with Crippen molar-refractivity contribution in [3.63, 3.8) is 0 Å². The Morgan fingerprint density at radius 3 is 2.62 bits per heavy atom. The molecule has 0 bridgehead atoms. The minimum Gasteiger partial charge on any atom is -0.333 e. The van der Waals surface area contributed by atoms with E-state index in [0.717, 1.165) is 6.20 Å². The number of nitrogens with zero attached hydrogens (tertiary/aromatic N) is 6. The van der Waals surface area contributed by atoms with E-state index in [-0.39, 0.29) is 27.7 Å². The van der Waals surface area contributed by atoms with Crippen molar-refractivity contribution >= 4 is 23.2 Å². The van der Waals surface area contributed by atoms with E-state index in [2.05, 4.69) is 20.2 Å². The van der Waals surface area contributed by atoms with Crippen molar-refractivity contribution in [2.45, 2.75) is 6.55 Å². The molecule has 0 N–H and O–H groups in total. The summed E-state index contributed by atoms with van der Waals surface area (Å²) in [5.74, 6) is 0.173. The first-order chi connectivity index (χ1) is 9.97. The molecule has 11 heteroatoms. The zero-order valence-corrected chi connectivity index (χ0v) is 11.8. The van der Waals surface area contributed by atoms with Crippen LogP contribution in [0.1, 0.15) is 6.55 Å². The molecule has 0 aromatic carbocycles. The summed E-state index contributed by atoms with van der Waals surface area (Å²) in [6, 6.07) is 0. The Morgan fingerprint density at radius 1 is 1.29 bits per heavy atom. The molecule has 110 valence electrons. The third kappa shape index (κ3) is 2.38. The summed E-state index contributed by atoms with van der Waals surface area (Å²) >= 11 is 11.8. The quantitative estimate of drug-likeness (QED) is 0.735. The van der Waals surface area contributed by atoms with Gasteiger partial charge in [-0.15, -0.1) is 0 Å². The van der Waals surface area contributed by atoms with Crippen LogP contribution in [0.2, 0.25) is 10.4 Å². The summed E-state index contributed by atoms with van der Waals surface area (Å²) in [5, 5.41) is 7.49. The lowest BCUT2D eigenvalue weighted by atomic mass is 10.3. The highest BCUT2D eigenvalue weighted by Crippen LogP contribution is 2.29. The van der Waals surface area contributed by atoms with Gasteiger partial charge in [0.1, 0.15) is 5.69 Å². The van der Waals surface area contributed by atoms with E-state index < -0.39 is 6.55 Å². The SMILES string of the molecule is Cn1c(Cl)nc(Cl)c1-c1noc(-c2cnn(C(F)F)c2)n1. The zero-order valence-electron chi connectivity index (χ0n) is 10.3. The number of alkyl halides is 2. The first-order valence-corrected chi connectivity index (χ1v) is 6.27. The Morgan fingerprint density at radius 2 is 2.05 bits per heavy atom. The van der Waals surface area contributed by atoms with Gasteiger partial charge in [0.25, 0.3) is 5.89 Å². The highest BCUT2D eigenvalue weighted by atomic mass is 35.5. The van der Waals surface area contributed by atoms with Gasteiger partial charge in [-0.3, -0.25) is 0 Å². The predicted octanol–water partition coefficient (Wildman–Crippen LogP) is 3.04. The molecular formula is C10H6Cl2F2N6O. The number of imidazole rings is 1.